The Bertz CT molecular complexity index is 910. The summed E-state index contributed by atoms with van der Waals surface area (Å²) in [6, 6.07) is 14.3. The minimum atomic E-state index is 0.112. The fraction of sp³-hybridized carbons (Fsp3) is 0.350. The highest BCUT2D eigenvalue weighted by atomic mass is 16.2. The van der Waals surface area contributed by atoms with Gasteiger partial charge in [-0.15, -0.1) is 5.10 Å². The van der Waals surface area contributed by atoms with Gasteiger partial charge in [-0.25, -0.2) is 4.68 Å². The van der Waals surface area contributed by atoms with Crippen LogP contribution >= 0.6 is 0 Å². The van der Waals surface area contributed by atoms with Crippen LogP contribution < -0.4 is 0 Å². The van der Waals surface area contributed by atoms with Crippen molar-refractivity contribution in [3.05, 3.63) is 59.2 Å². The third-order valence-electron chi connectivity index (χ3n) is 5.15. The molecule has 0 saturated carbocycles. The molecule has 0 aliphatic carbocycles. The molecule has 1 amide bonds. The zero-order valence-corrected chi connectivity index (χ0v) is 14.6. The van der Waals surface area contributed by atoms with Gasteiger partial charge in [0.25, 0.3) is 0 Å². The van der Waals surface area contributed by atoms with Gasteiger partial charge in [-0.3, -0.25) is 4.79 Å². The second kappa shape index (κ2) is 6.31. The third kappa shape index (κ3) is 2.80. The summed E-state index contributed by atoms with van der Waals surface area (Å²) in [6.07, 6.45) is 2.07. The average molecular weight is 334 g/mol. The van der Waals surface area contributed by atoms with Gasteiger partial charge in [0, 0.05) is 6.54 Å². The molecule has 1 saturated heterocycles. The van der Waals surface area contributed by atoms with Crippen molar-refractivity contribution >= 4 is 16.9 Å². The van der Waals surface area contributed by atoms with Gasteiger partial charge >= 0.3 is 0 Å². The fourth-order valence-corrected chi connectivity index (χ4v) is 3.97. The van der Waals surface area contributed by atoms with Crippen molar-refractivity contribution in [2.24, 2.45) is 0 Å². The molecule has 4 rings (SSSR count). The Kier molecular flexibility index (Phi) is 3.99. The maximum absolute atomic E-state index is 13.0. The number of carbonyl (C=O) groups is 1. The summed E-state index contributed by atoms with van der Waals surface area (Å²) >= 11 is 0. The molecule has 25 heavy (non-hydrogen) atoms. The Labute approximate surface area is 147 Å². The molecule has 2 heterocycles. The van der Waals surface area contributed by atoms with E-state index < -0.39 is 0 Å². The van der Waals surface area contributed by atoms with E-state index in [0.29, 0.717) is 0 Å². The van der Waals surface area contributed by atoms with Crippen molar-refractivity contribution in [1.82, 2.24) is 19.9 Å². The zero-order chi connectivity index (χ0) is 17.4. The van der Waals surface area contributed by atoms with E-state index in [2.05, 4.69) is 42.4 Å². The number of carbonyl (C=O) groups excluding carboxylic acids is 1. The summed E-state index contributed by atoms with van der Waals surface area (Å²) in [6.45, 7) is 5.31. The van der Waals surface area contributed by atoms with Crippen molar-refractivity contribution in [2.75, 3.05) is 6.54 Å². The molecule has 3 aromatic rings. The Morgan fingerprint density at radius 3 is 2.68 bits per heavy atom. The number of likely N-dealkylation sites (tertiary alicyclic amines) is 1. The maximum Gasteiger partial charge on any atom is 0.244 e. The lowest BCUT2D eigenvalue weighted by Gasteiger charge is -2.27. The highest BCUT2D eigenvalue weighted by Gasteiger charge is 2.32. The molecule has 2 aromatic carbocycles. The number of fused-ring (bicyclic) bond motifs is 1. The molecule has 5 heteroatoms. The summed E-state index contributed by atoms with van der Waals surface area (Å²) in [4.78, 5) is 15.0. The molecule has 0 N–H and O–H groups in total. The van der Waals surface area contributed by atoms with E-state index in [0.717, 1.165) is 30.4 Å². The smallest absolute Gasteiger partial charge is 0.244 e. The number of para-hydroxylation sites is 1. The summed E-state index contributed by atoms with van der Waals surface area (Å²) < 4.78 is 1.71. The quantitative estimate of drug-likeness (QED) is 0.737. The van der Waals surface area contributed by atoms with Crippen LogP contribution in [0.1, 0.15) is 35.6 Å². The lowest BCUT2D eigenvalue weighted by atomic mass is 9.94. The molecule has 128 valence electrons. The van der Waals surface area contributed by atoms with Gasteiger partial charge in [0.2, 0.25) is 5.91 Å². The van der Waals surface area contributed by atoms with Gasteiger partial charge in [-0.2, -0.15) is 0 Å². The highest BCUT2D eigenvalue weighted by molar-refractivity contribution is 5.80. The number of rotatable bonds is 3. The van der Waals surface area contributed by atoms with Gasteiger partial charge in [-0.05, 0) is 55.5 Å². The lowest BCUT2D eigenvalue weighted by Crippen LogP contribution is -2.34. The first-order valence-corrected chi connectivity index (χ1v) is 8.79. The van der Waals surface area contributed by atoms with Gasteiger partial charge < -0.3 is 4.90 Å². The molecule has 0 bridgehead atoms. The Morgan fingerprint density at radius 1 is 1.12 bits per heavy atom. The predicted molar refractivity (Wildman–Crippen MR) is 97.1 cm³/mol. The number of hydrogen-bond acceptors (Lipinski definition) is 3. The van der Waals surface area contributed by atoms with Crippen LogP contribution in [0.3, 0.4) is 0 Å². The first-order chi connectivity index (χ1) is 12.1. The summed E-state index contributed by atoms with van der Waals surface area (Å²) in [5.74, 6) is 0.112. The van der Waals surface area contributed by atoms with Gasteiger partial charge in [0.1, 0.15) is 12.1 Å². The molecule has 0 spiro atoms. The van der Waals surface area contributed by atoms with Crippen molar-refractivity contribution in [3.63, 3.8) is 0 Å². The predicted octanol–water partition coefficient (Wildman–Crippen LogP) is 3.41. The van der Waals surface area contributed by atoms with Gasteiger partial charge in [0.05, 0.1) is 11.6 Å². The molecule has 1 aliphatic heterocycles. The molecule has 1 atom stereocenters. The first kappa shape index (κ1) is 15.8. The van der Waals surface area contributed by atoms with Crippen LogP contribution in [0.15, 0.2) is 42.5 Å². The molecule has 1 fully saturated rings. The molecule has 1 unspecified atom stereocenters. The Morgan fingerprint density at radius 2 is 1.88 bits per heavy atom. The van der Waals surface area contributed by atoms with Crippen LogP contribution in [0.5, 0.6) is 0 Å². The monoisotopic (exact) mass is 334 g/mol. The van der Waals surface area contributed by atoms with E-state index in [1.807, 2.05) is 29.2 Å². The van der Waals surface area contributed by atoms with Crippen molar-refractivity contribution < 1.29 is 4.79 Å². The van der Waals surface area contributed by atoms with Crippen LogP contribution in [-0.2, 0) is 11.3 Å². The first-order valence-electron chi connectivity index (χ1n) is 8.79. The lowest BCUT2D eigenvalue weighted by molar-refractivity contribution is -0.132. The van der Waals surface area contributed by atoms with Crippen LogP contribution in [0.25, 0.3) is 11.0 Å². The van der Waals surface area contributed by atoms with E-state index in [1.165, 1.54) is 16.7 Å². The topological polar surface area (TPSA) is 51.0 Å². The number of hydrogen-bond donors (Lipinski definition) is 0. The van der Waals surface area contributed by atoms with E-state index in [-0.39, 0.29) is 18.5 Å². The number of benzene rings is 2. The number of nitrogens with zero attached hydrogens (tertiary/aromatic N) is 4. The van der Waals surface area contributed by atoms with Gasteiger partial charge in [-0.1, -0.05) is 35.5 Å². The van der Waals surface area contributed by atoms with Crippen LogP contribution in [-0.4, -0.2) is 32.3 Å². The van der Waals surface area contributed by atoms with E-state index >= 15 is 0 Å². The zero-order valence-electron chi connectivity index (χ0n) is 14.6. The summed E-state index contributed by atoms with van der Waals surface area (Å²) in [7, 11) is 0. The largest absolute Gasteiger partial charge is 0.334 e. The van der Waals surface area contributed by atoms with Crippen LogP contribution in [0.4, 0.5) is 0 Å². The average Bonchev–Trinajstić information content (AvgIpc) is 3.23. The minimum absolute atomic E-state index is 0.112. The molecule has 0 radical (unpaired) electrons. The second-order valence-corrected chi connectivity index (χ2v) is 6.79. The normalized spacial score (nSPS) is 17.4. The Balaban J connectivity index is 1.61. The SMILES string of the molecule is Cc1cccc(C)c1C1CCCN1C(=O)Cn1nnc2ccccc21. The Hall–Kier alpha value is -2.69. The number of aryl methyl sites for hydroxylation is 2. The second-order valence-electron chi connectivity index (χ2n) is 6.79. The molecule has 5 nitrogen and oxygen atoms in total. The minimum Gasteiger partial charge on any atom is -0.334 e. The molecule has 1 aliphatic rings. The number of aromatic nitrogens is 3. The number of amides is 1. The third-order valence-corrected chi connectivity index (χ3v) is 5.15. The molecular weight excluding hydrogens is 312 g/mol. The maximum atomic E-state index is 13.0. The van der Waals surface area contributed by atoms with Crippen molar-refractivity contribution in [2.45, 2.75) is 39.3 Å². The van der Waals surface area contributed by atoms with E-state index in [9.17, 15) is 4.79 Å². The summed E-state index contributed by atoms with van der Waals surface area (Å²) in [5.41, 5.74) is 5.55. The summed E-state index contributed by atoms with van der Waals surface area (Å²) in [5, 5.41) is 8.30. The molecule has 1 aromatic heterocycles. The standard InChI is InChI=1S/C20H22N4O/c1-14-7-5-8-15(2)20(14)18-11-6-12-23(18)19(25)13-24-17-10-4-3-9-16(17)21-22-24/h3-5,7-10,18H,6,11-13H2,1-2H3. The van der Waals surface area contributed by atoms with Gasteiger partial charge in [0.15, 0.2) is 0 Å². The van der Waals surface area contributed by atoms with Crippen molar-refractivity contribution in [1.29, 1.82) is 0 Å². The van der Waals surface area contributed by atoms with Crippen LogP contribution in [0.2, 0.25) is 0 Å². The van der Waals surface area contributed by atoms with E-state index in [1.54, 1.807) is 4.68 Å². The highest BCUT2D eigenvalue weighted by Crippen LogP contribution is 2.35. The fourth-order valence-electron chi connectivity index (χ4n) is 3.97. The van der Waals surface area contributed by atoms with Crippen LogP contribution in [0, 0.1) is 13.8 Å². The molecular formula is C20H22N4O. The van der Waals surface area contributed by atoms with E-state index in [4.69, 9.17) is 0 Å². The van der Waals surface area contributed by atoms with Crippen molar-refractivity contribution in [3.8, 4) is 0 Å².